The normalized spacial score (nSPS) is 23.7. The number of carbonyl (C=O) groups excluding carboxylic acids is 1. The zero-order valence-corrected chi connectivity index (χ0v) is 15.6. The lowest BCUT2D eigenvalue weighted by atomic mass is 10.0. The number of amides is 1. The molecule has 1 aromatic heterocycles. The summed E-state index contributed by atoms with van der Waals surface area (Å²) in [5, 5.41) is 10.3. The van der Waals surface area contributed by atoms with Crippen molar-refractivity contribution in [1.82, 2.24) is 9.88 Å². The number of aliphatic hydroxyl groups excluding tert-OH is 1. The summed E-state index contributed by atoms with van der Waals surface area (Å²) in [6.45, 7) is 0.387. The first-order chi connectivity index (χ1) is 13.1. The summed E-state index contributed by atoms with van der Waals surface area (Å²) in [5.41, 5.74) is 1.04. The number of hydrogen-bond acceptors (Lipinski definition) is 4. The fourth-order valence-electron chi connectivity index (χ4n) is 4.63. The van der Waals surface area contributed by atoms with E-state index in [1.807, 2.05) is 18.2 Å². The molecule has 0 spiro atoms. The van der Waals surface area contributed by atoms with Crippen LogP contribution in [0.4, 0.5) is 0 Å². The fraction of sp³-hybridized carbons (Fsp3) is 0.524. The number of nitrogens with zero attached hydrogens (tertiary/aromatic N) is 1. The first kappa shape index (κ1) is 18.0. The number of benzene rings is 1. The van der Waals surface area contributed by atoms with Gasteiger partial charge in [0.25, 0.3) is 5.56 Å². The minimum absolute atomic E-state index is 0.0860. The molecule has 144 valence electrons. The maximum atomic E-state index is 13.0. The van der Waals surface area contributed by atoms with Gasteiger partial charge in [-0.3, -0.25) is 9.59 Å². The van der Waals surface area contributed by atoms with Gasteiger partial charge in [-0.05, 0) is 48.3 Å². The van der Waals surface area contributed by atoms with Crippen LogP contribution in [0.5, 0.6) is 5.75 Å². The van der Waals surface area contributed by atoms with Gasteiger partial charge in [0.15, 0.2) is 0 Å². The van der Waals surface area contributed by atoms with E-state index in [0.29, 0.717) is 28.7 Å². The van der Waals surface area contributed by atoms with E-state index in [-0.39, 0.29) is 37.1 Å². The Morgan fingerprint density at radius 1 is 1.26 bits per heavy atom. The number of hydrogen-bond donors (Lipinski definition) is 2. The molecule has 6 nitrogen and oxygen atoms in total. The zero-order valence-electron chi connectivity index (χ0n) is 15.6. The highest BCUT2D eigenvalue weighted by Crippen LogP contribution is 2.56. The number of aromatic amines is 1. The molecule has 2 N–H and O–H groups in total. The largest absolute Gasteiger partial charge is 0.497 e. The first-order valence-corrected chi connectivity index (χ1v) is 9.72. The van der Waals surface area contributed by atoms with E-state index < -0.39 is 0 Å². The minimum Gasteiger partial charge on any atom is -0.497 e. The summed E-state index contributed by atoms with van der Waals surface area (Å²) in [6, 6.07) is 7.34. The van der Waals surface area contributed by atoms with Gasteiger partial charge in [-0.1, -0.05) is 12.8 Å². The molecular formula is C21H26N2O4. The second-order valence-electron chi connectivity index (χ2n) is 7.70. The summed E-state index contributed by atoms with van der Waals surface area (Å²) < 4.78 is 5.20. The van der Waals surface area contributed by atoms with E-state index in [2.05, 4.69) is 4.98 Å². The number of aliphatic hydroxyl groups is 1. The van der Waals surface area contributed by atoms with Gasteiger partial charge in [0.1, 0.15) is 5.75 Å². The van der Waals surface area contributed by atoms with Gasteiger partial charge in [0.05, 0.1) is 25.8 Å². The van der Waals surface area contributed by atoms with E-state index in [4.69, 9.17) is 4.74 Å². The Hall–Kier alpha value is -2.34. The van der Waals surface area contributed by atoms with Crippen LogP contribution in [-0.4, -0.2) is 41.2 Å². The molecule has 27 heavy (non-hydrogen) atoms. The average molecular weight is 370 g/mol. The van der Waals surface area contributed by atoms with E-state index in [1.54, 1.807) is 18.1 Å². The van der Waals surface area contributed by atoms with E-state index in [9.17, 15) is 14.7 Å². The van der Waals surface area contributed by atoms with Crippen molar-refractivity contribution < 1.29 is 14.6 Å². The number of ether oxygens (including phenoxy) is 1. The van der Waals surface area contributed by atoms with Crippen molar-refractivity contribution in [1.29, 1.82) is 0 Å². The number of aromatic nitrogens is 1. The summed E-state index contributed by atoms with van der Waals surface area (Å²) in [5.74, 6) is 1.88. The Morgan fingerprint density at radius 2 is 2.00 bits per heavy atom. The highest BCUT2D eigenvalue weighted by Gasteiger charge is 2.55. The lowest BCUT2D eigenvalue weighted by Gasteiger charge is -2.22. The number of fused-ring (bicyclic) bond motifs is 2. The molecule has 0 unspecified atom stereocenters. The molecule has 1 aromatic carbocycles. The molecule has 4 rings (SSSR count). The number of nitrogens with one attached hydrogen (secondary N) is 1. The molecule has 2 saturated carbocycles. The standard InChI is InChI=1S/C21H26N2O4/c1-27-15-7-6-13-10-14(20(25)22-18(13)11-15)12-23(8-9-24)21(26)19-16-4-2-3-5-17(16)19/h6-7,10-11,16-17,19,24H,2-5,8-9,12H2,1H3,(H,22,25)/t16-,17-/m1/s1. The molecule has 6 heteroatoms. The van der Waals surface area contributed by atoms with Crippen LogP contribution in [0, 0.1) is 17.8 Å². The molecule has 2 aromatic rings. The van der Waals surface area contributed by atoms with E-state index >= 15 is 0 Å². The molecule has 0 saturated heterocycles. The Balaban J connectivity index is 1.57. The highest BCUT2D eigenvalue weighted by molar-refractivity contribution is 5.83. The third-order valence-corrected chi connectivity index (χ3v) is 6.11. The van der Waals surface area contributed by atoms with Crippen molar-refractivity contribution in [2.24, 2.45) is 17.8 Å². The SMILES string of the molecule is COc1ccc2cc(CN(CCO)C(=O)C3[C@@H]4CCCC[C@@H]34)c(=O)[nH]c2c1. The van der Waals surface area contributed by atoms with E-state index in [0.717, 1.165) is 18.2 Å². The molecule has 0 aliphatic heterocycles. The van der Waals surface area contributed by atoms with Crippen molar-refractivity contribution in [2.45, 2.75) is 32.2 Å². The molecule has 2 atom stereocenters. The van der Waals surface area contributed by atoms with Crippen molar-refractivity contribution in [2.75, 3.05) is 20.3 Å². The molecule has 2 aliphatic carbocycles. The Labute approximate surface area is 158 Å². The number of H-pyrrole nitrogens is 1. The van der Waals surface area contributed by atoms with Crippen LogP contribution in [0.1, 0.15) is 31.2 Å². The van der Waals surface area contributed by atoms with Gasteiger partial charge in [-0.2, -0.15) is 0 Å². The van der Waals surface area contributed by atoms with Gasteiger partial charge in [-0.25, -0.2) is 0 Å². The maximum Gasteiger partial charge on any atom is 0.253 e. The maximum absolute atomic E-state index is 13.0. The predicted octanol–water partition coefficient (Wildman–Crippen LogP) is 2.29. The van der Waals surface area contributed by atoms with Crippen LogP contribution in [0.3, 0.4) is 0 Å². The summed E-state index contributed by atoms with van der Waals surface area (Å²) >= 11 is 0. The monoisotopic (exact) mass is 370 g/mol. The van der Waals surface area contributed by atoms with Gasteiger partial charge in [0, 0.05) is 24.1 Å². The molecule has 2 aliphatic rings. The van der Waals surface area contributed by atoms with Gasteiger partial charge < -0.3 is 19.7 Å². The van der Waals surface area contributed by atoms with Gasteiger partial charge in [0.2, 0.25) is 5.91 Å². The van der Waals surface area contributed by atoms with Crippen LogP contribution < -0.4 is 10.3 Å². The quantitative estimate of drug-likeness (QED) is 0.817. The van der Waals surface area contributed by atoms with Crippen LogP contribution in [-0.2, 0) is 11.3 Å². The minimum atomic E-state index is -0.209. The second kappa shape index (κ2) is 7.35. The topological polar surface area (TPSA) is 82.6 Å². The van der Waals surface area contributed by atoms with Gasteiger partial charge >= 0.3 is 0 Å². The van der Waals surface area contributed by atoms with Crippen LogP contribution in [0.15, 0.2) is 29.1 Å². The molecule has 0 bridgehead atoms. The van der Waals surface area contributed by atoms with Crippen LogP contribution in [0.25, 0.3) is 10.9 Å². The predicted molar refractivity (Wildman–Crippen MR) is 103 cm³/mol. The zero-order chi connectivity index (χ0) is 19.0. The Morgan fingerprint density at radius 3 is 2.67 bits per heavy atom. The van der Waals surface area contributed by atoms with Crippen LogP contribution in [0.2, 0.25) is 0 Å². The summed E-state index contributed by atoms with van der Waals surface area (Å²) in [6.07, 6.45) is 4.68. The molecule has 2 fully saturated rings. The third-order valence-electron chi connectivity index (χ3n) is 6.11. The number of pyridine rings is 1. The van der Waals surface area contributed by atoms with Crippen molar-refractivity contribution >= 4 is 16.8 Å². The molecule has 0 radical (unpaired) electrons. The second-order valence-corrected chi connectivity index (χ2v) is 7.70. The average Bonchev–Trinajstić information content (AvgIpc) is 3.41. The smallest absolute Gasteiger partial charge is 0.253 e. The van der Waals surface area contributed by atoms with Crippen molar-refractivity contribution in [3.05, 3.63) is 40.2 Å². The number of methoxy groups -OCH3 is 1. The van der Waals surface area contributed by atoms with E-state index in [1.165, 1.54) is 12.8 Å². The summed E-state index contributed by atoms with van der Waals surface area (Å²) in [7, 11) is 1.58. The Bertz CT molecular complexity index is 895. The third kappa shape index (κ3) is 3.46. The number of carbonyl (C=O) groups is 1. The lowest BCUT2D eigenvalue weighted by Crippen LogP contribution is -2.36. The first-order valence-electron chi connectivity index (χ1n) is 9.72. The Kier molecular flexibility index (Phi) is 4.91. The lowest BCUT2D eigenvalue weighted by molar-refractivity contribution is -0.134. The molecule has 1 heterocycles. The van der Waals surface area contributed by atoms with Crippen molar-refractivity contribution in [3.8, 4) is 5.75 Å². The highest BCUT2D eigenvalue weighted by atomic mass is 16.5. The summed E-state index contributed by atoms with van der Waals surface area (Å²) in [4.78, 5) is 30.1. The molecular weight excluding hydrogens is 344 g/mol. The number of rotatable bonds is 6. The fourth-order valence-corrected chi connectivity index (χ4v) is 4.63. The van der Waals surface area contributed by atoms with Crippen LogP contribution >= 0.6 is 0 Å². The van der Waals surface area contributed by atoms with Crippen molar-refractivity contribution in [3.63, 3.8) is 0 Å². The molecule has 1 amide bonds. The van der Waals surface area contributed by atoms with Gasteiger partial charge in [-0.15, -0.1) is 0 Å².